The molecule has 0 atom stereocenters. The van der Waals surface area contributed by atoms with Crippen LogP contribution < -0.4 is 16.0 Å². The number of hydrogen-bond donors (Lipinski definition) is 2. The van der Waals surface area contributed by atoms with Gasteiger partial charge in [-0.1, -0.05) is 12.1 Å². The van der Waals surface area contributed by atoms with E-state index < -0.39 is 0 Å². The molecular weight excluding hydrogens is 328 g/mol. The second kappa shape index (κ2) is 7.18. The number of aliphatic imine (C=N–C) groups is 1. The van der Waals surface area contributed by atoms with Crippen molar-refractivity contribution < 1.29 is 0 Å². The topological polar surface area (TPSA) is 53.6 Å². The van der Waals surface area contributed by atoms with E-state index in [9.17, 15) is 0 Å². The van der Waals surface area contributed by atoms with E-state index in [1.54, 1.807) is 11.3 Å². The van der Waals surface area contributed by atoms with E-state index in [1.807, 2.05) is 17.5 Å². The summed E-state index contributed by atoms with van der Waals surface area (Å²) in [6.07, 6.45) is 6.24. The number of nitrogens with one attached hydrogen (secondary N) is 1. The molecule has 1 aliphatic carbocycles. The van der Waals surface area contributed by atoms with Gasteiger partial charge in [-0.2, -0.15) is 0 Å². The van der Waals surface area contributed by atoms with Crippen molar-refractivity contribution in [3.63, 3.8) is 0 Å². The van der Waals surface area contributed by atoms with Crippen molar-refractivity contribution in [2.45, 2.75) is 44.2 Å². The highest BCUT2D eigenvalue weighted by Crippen LogP contribution is 2.36. The van der Waals surface area contributed by atoms with Gasteiger partial charge < -0.3 is 16.0 Å². The molecule has 132 valence electrons. The van der Waals surface area contributed by atoms with Crippen molar-refractivity contribution in [3.8, 4) is 0 Å². The van der Waals surface area contributed by atoms with E-state index in [0.29, 0.717) is 17.9 Å². The monoisotopic (exact) mass is 354 g/mol. The Morgan fingerprint density at radius 1 is 1.24 bits per heavy atom. The fraction of sp³-hybridized carbons (Fsp3) is 0.450. The molecule has 0 unspecified atom stereocenters. The summed E-state index contributed by atoms with van der Waals surface area (Å²) in [4.78, 5) is 8.30. The van der Waals surface area contributed by atoms with Gasteiger partial charge in [-0.15, -0.1) is 11.3 Å². The highest BCUT2D eigenvalue weighted by Gasteiger charge is 2.29. The summed E-state index contributed by atoms with van der Waals surface area (Å²) in [6, 6.07) is 11.9. The number of rotatable bonds is 4. The van der Waals surface area contributed by atoms with Crippen LogP contribution in [0, 0.1) is 0 Å². The van der Waals surface area contributed by atoms with Crippen molar-refractivity contribution in [3.05, 3.63) is 46.2 Å². The predicted molar refractivity (Wildman–Crippen MR) is 107 cm³/mol. The maximum absolute atomic E-state index is 6.16. The first kappa shape index (κ1) is 16.6. The van der Waals surface area contributed by atoms with Crippen LogP contribution in [-0.4, -0.2) is 31.5 Å². The summed E-state index contributed by atoms with van der Waals surface area (Å²) < 4.78 is 0. The third-order valence-electron chi connectivity index (χ3n) is 5.57. The molecule has 0 bridgehead atoms. The lowest BCUT2D eigenvalue weighted by atomic mass is 9.90. The van der Waals surface area contributed by atoms with Crippen LogP contribution in [-0.2, 0) is 6.42 Å². The third kappa shape index (κ3) is 3.44. The number of thiophene rings is 1. The largest absolute Gasteiger partial charge is 0.383 e. The van der Waals surface area contributed by atoms with Gasteiger partial charge in [0.05, 0.1) is 10.6 Å². The first-order valence-electron chi connectivity index (χ1n) is 9.19. The average Bonchev–Trinajstić information content (AvgIpc) is 3.31. The van der Waals surface area contributed by atoms with Gasteiger partial charge in [0.2, 0.25) is 0 Å². The predicted octanol–water partition coefficient (Wildman–Crippen LogP) is 3.68. The van der Waals surface area contributed by atoms with E-state index in [0.717, 1.165) is 23.5 Å². The fourth-order valence-electron chi connectivity index (χ4n) is 4.14. The van der Waals surface area contributed by atoms with E-state index in [1.165, 1.54) is 36.9 Å². The Hall–Kier alpha value is -1.85. The maximum Gasteiger partial charge on any atom is 0.141 e. The molecule has 25 heavy (non-hydrogen) atoms. The first-order valence-corrected chi connectivity index (χ1v) is 10.1. The number of anilines is 1. The van der Waals surface area contributed by atoms with Crippen molar-refractivity contribution in [2.24, 2.45) is 10.7 Å². The quantitative estimate of drug-likeness (QED) is 0.650. The summed E-state index contributed by atoms with van der Waals surface area (Å²) in [5.74, 6) is 0.606. The normalized spacial score (nSPS) is 23.7. The van der Waals surface area contributed by atoms with Gasteiger partial charge in [0.15, 0.2) is 0 Å². The molecule has 4 nitrogen and oxygen atoms in total. The van der Waals surface area contributed by atoms with E-state index in [-0.39, 0.29) is 0 Å². The zero-order chi connectivity index (χ0) is 17.2. The zero-order valence-corrected chi connectivity index (χ0v) is 15.6. The maximum atomic E-state index is 6.16. The molecular formula is C20H26N4S. The van der Waals surface area contributed by atoms with E-state index in [2.05, 4.69) is 40.5 Å². The van der Waals surface area contributed by atoms with Crippen molar-refractivity contribution in [1.29, 1.82) is 0 Å². The fourth-order valence-corrected chi connectivity index (χ4v) is 4.76. The molecule has 0 radical (unpaired) electrons. The third-order valence-corrected chi connectivity index (χ3v) is 6.46. The minimum atomic E-state index is 0.606. The van der Waals surface area contributed by atoms with Gasteiger partial charge in [-0.3, -0.25) is 0 Å². The number of nitrogens with zero attached hydrogens (tertiary/aromatic N) is 2. The molecule has 5 heteroatoms. The standard InChI is InChI=1S/C20H26N4S/c1-22-15-6-8-17(9-7-15)24-11-10-14-4-5-16(13-18(14)24)23-20(21)19-3-2-12-25-19/h2-5,12-13,15,17,22H,6-11H2,1H3,(H2,21,23). The summed E-state index contributed by atoms with van der Waals surface area (Å²) in [7, 11) is 2.08. The summed E-state index contributed by atoms with van der Waals surface area (Å²) in [6.45, 7) is 1.14. The summed E-state index contributed by atoms with van der Waals surface area (Å²) in [5, 5.41) is 5.46. The highest BCUT2D eigenvalue weighted by atomic mass is 32.1. The van der Waals surface area contributed by atoms with Gasteiger partial charge in [-0.25, -0.2) is 4.99 Å². The number of hydrogen-bond acceptors (Lipinski definition) is 4. The molecule has 2 aliphatic rings. The van der Waals surface area contributed by atoms with Crippen LogP contribution in [0.4, 0.5) is 11.4 Å². The molecule has 0 amide bonds. The molecule has 4 rings (SSSR count). The van der Waals surface area contributed by atoms with Crippen LogP contribution in [0.15, 0.2) is 40.7 Å². The smallest absolute Gasteiger partial charge is 0.141 e. The Labute approximate surface area is 153 Å². The van der Waals surface area contributed by atoms with Gasteiger partial charge in [0.1, 0.15) is 5.84 Å². The summed E-state index contributed by atoms with van der Waals surface area (Å²) >= 11 is 1.63. The minimum Gasteiger partial charge on any atom is -0.383 e. The lowest BCUT2D eigenvalue weighted by Gasteiger charge is -2.36. The van der Waals surface area contributed by atoms with Gasteiger partial charge in [0.25, 0.3) is 0 Å². The average molecular weight is 355 g/mol. The molecule has 1 aromatic carbocycles. The van der Waals surface area contributed by atoms with Crippen LogP contribution in [0.2, 0.25) is 0 Å². The van der Waals surface area contributed by atoms with Crippen molar-refractivity contribution >= 4 is 28.5 Å². The molecule has 0 saturated heterocycles. The second-order valence-corrected chi connectivity index (χ2v) is 7.97. The number of amidine groups is 1. The lowest BCUT2D eigenvalue weighted by molar-refractivity contribution is 0.347. The lowest BCUT2D eigenvalue weighted by Crippen LogP contribution is -2.41. The molecule has 3 N–H and O–H groups in total. The van der Waals surface area contributed by atoms with Crippen molar-refractivity contribution in [2.75, 3.05) is 18.5 Å². The molecule has 2 aromatic rings. The number of benzene rings is 1. The van der Waals surface area contributed by atoms with Crippen molar-refractivity contribution in [1.82, 2.24) is 5.32 Å². The van der Waals surface area contributed by atoms with Crippen LogP contribution >= 0.6 is 11.3 Å². The first-order chi connectivity index (χ1) is 12.2. The van der Waals surface area contributed by atoms with Crippen LogP contribution in [0.25, 0.3) is 0 Å². The number of nitrogens with two attached hydrogens (primary N) is 1. The Balaban J connectivity index is 1.54. The van der Waals surface area contributed by atoms with E-state index >= 15 is 0 Å². The second-order valence-electron chi connectivity index (χ2n) is 7.02. The number of fused-ring (bicyclic) bond motifs is 1. The molecule has 0 spiro atoms. The highest BCUT2D eigenvalue weighted by molar-refractivity contribution is 7.12. The van der Waals surface area contributed by atoms with Crippen LogP contribution in [0.3, 0.4) is 0 Å². The Bertz CT molecular complexity index is 745. The van der Waals surface area contributed by atoms with Crippen LogP contribution in [0.5, 0.6) is 0 Å². The Kier molecular flexibility index (Phi) is 4.77. The zero-order valence-electron chi connectivity index (χ0n) is 14.7. The molecule has 2 heterocycles. The Morgan fingerprint density at radius 2 is 2.08 bits per heavy atom. The van der Waals surface area contributed by atoms with Gasteiger partial charge in [-0.05, 0) is 68.3 Å². The SMILES string of the molecule is CNC1CCC(N2CCc3ccc(N=C(N)c4cccs4)cc32)CC1. The van der Waals surface area contributed by atoms with Gasteiger partial charge >= 0.3 is 0 Å². The summed E-state index contributed by atoms with van der Waals surface area (Å²) in [5.41, 5.74) is 9.94. The van der Waals surface area contributed by atoms with Gasteiger partial charge in [0, 0.05) is 24.3 Å². The minimum absolute atomic E-state index is 0.606. The van der Waals surface area contributed by atoms with E-state index in [4.69, 9.17) is 5.73 Å². The molecule has 1 fully saturated rings. The van der Waals surface area contributed by atoms with Crippen LogP contribution in [0.1, 0.15) is 36.1 Å². The molecule has 1 saturated carbocycles. The molecule has 1 aliphatic heterocycles. The molecule has 1 aromatic heterocycles. The Morgan fingerprint density at radius 3 is 2.80 bits per heavy atom.